The summed E-state index contributed by atoms with van der Waals surface area (Å²) in [5.41, 5.74) is 3.14. The minimum Gasteiger partial charge on any atom is -0.477 e. The molecule has 3 aromatic rings. The number of hydrogen-bond donors (Lipinski definition) is 1. The molecule has 0 aliphatic carbocycles. The first-order valence-electron chi connectivity index (χ1n) is 6.77. The first-order chi connectivity index (χ1) is 10.1. The molecular formula is C16H15N3O2. The van der Waals surface area contributed by atoms with Gasteiger partial charge in [-0.15, -0.1) is 0 Å². The summed E-state index contributed by atoms with van der Waals surface area (Å²) in [5.74, 6) is -0.347. The number of rotatable bonds is 4. The topological polar surface area (TPSA) is 67.5 Å². The number of carboxylic acid groups (broad SMARTS) is 1. The predicted octanol–water partition coefficient (Wildman–Crippen LogP) is 2.52. The quantitative estimate of drug-likeness (QED) is 0.798. The Kier molecular flexibility index (Phi) is 3.39. The van der Waals surface area contributed by atoms with Gasteiger partial charge in [0.05, 0.1) is 0 Å². The molecular weight excluding hydrogens is 266 g/mol. The van der Waals surface area contributed by atoms with Crippen molar-refractivity contribution in [2.24, 2.45) is 0 Å². The lowest BCUT2D eigenvalue weighted by Gasteiger charge is -1.99. The number of benzene rings is 1. The van der Waals surface area contributed by atoms with Crippen LogP contribution in [0.3, 0.4) is 0 Å². The van der Waals surface area contributed by atoms with Gasteiger partial charge in [0, 0.05) is 6.42 Å². The Morgan fingerprint density at radius 1 is 1.14 bits per heavy atom. The third-order valence-corrected chi connectivity index (χ3v) is 3.38. The molecule has 106 valence electrons. The van der Waals surface area contributed by atoms with Crippen molar-refractivity contribution in [2.45, 2.75) is 19.8 Å². The second kappa shape index (κ2) is 5.36. The smallest absolute Gasteiger partial charge is 0.354 e. The highest BCUT2D eigenvalue weighted by Gasteiger charge is 2.11. The van der Waals surface area contributed by atoms with E-state index in [1.165, 1.54) is 21.7 Å². The molecule has 21 heavy (non-hydrogen) atoms. The number of aromatic nitrogens is 3. The molecule has 0 saturated heterocycles. The van der Waals surface area contributed by atoms with Gasteiger partial charge in [-0.3, -0.25) is 0 Å². The minimum absolute atomic E-state index is 0.126. The zero-order valence-corrected chi connectivity index (χ0v) is 11.7. The van der Waals surface area contributed by atoms with Crippen LogP contribution in [0.25, 0.3) is 5.65 Å². The third kappa shape index (κ3) is 2.76. The molecule has 0 radical (unpaired) electrons. The van der Waals surface area contributed by atoms with Crippen LogP contribution >= 0.6 is 0 Å². The molecule has 1 N–H and O–H groups in total. The first kappa shape index (κ1) is 13.3. The van der Waals surface area contributed by atoms with Crippen LogP contribution in [-0.2, 0) is 12.8 Å². The SMILES string of the molecule is Cc1ccc(CCc2nc3cccc(C(=O)O)n3n2)cc1. The van der Waals surface area contributed by atoms with E-state index < -0.39 is 5.97 Å². The lowest BCUT2D eigenvalue weighted by molar-refractivity contribution is 0.0687. The fourth-order valence-corrected chi connectivity index (χ4v) is 2.23. The summed E-state index contributed by atoms with van der Waals surface area (Å²) in [5, 5.41) is 13.4. The molecule has 0 saturated carbocycles. The zero-order chi connectivity index (χ0) is 14.8. The van der Waals surface area contributed by atoms with Crippen LogP contribution in [0.4, 0.5) is 0 Å². The van der Waals surface area contributed by atoms with E-state index in [4.69, 9.17) is 5.11 Å². The second-order valence-corrected chi connectivity index (χ2v) is 5.00. The summed E-state index contributed by atoms with van der Waals surface area (Å²) in [7, 11) is 0. The maximum absolute atomic E-state index is 11.1. The predicted molar refractivity (Wildman–Crippen MR) is 78.5 cm³/mol. The van der Waals surface area contributed by atoms with Gasteiger partial charge in [0.2, 0.25) is 0 Å². The van der Waals surface area contributed by atoms with Crippen LogP contribution in [0.5, 0.6) is 0 Å². The molecule has 2 heterocycles. The molecule has 2 aromatic heterocycles. The fourth-order valence-electron chi connectivity index (χ4n) is 2.23. The fraction of sp³-hybridized carbons (Fsp3) is 0.188. The van der Waals surface area contributed by atoms with Crippen molar-refractivity contribution < 1.29 is 9.90 Å². The highest BCUT2D eigenvalue weighted by molar-refractivity contribution is 5.86. The van der Waals surface area contributed by atoms with Crippen molar-refractivity contribution in [3.63, 3.8) is 0 Å². The van der Waals surface area contributed by atoms with Crippen molar-refractivity contribution >= 4 is 11.6 Å². The van der Waals surface area contributed by atoms with Gasteiger partial charge < -0.3 is 5.11 Å². The summed E-state index contributed by atoms with van der Waals surface area (Å²) in [6, 6.07) is 13.3. The van der Waals surface area contributed by atoms with Gasteiger partial charge >= 0.3 is 5.97 Å². The third-order valence-electron chi connectivity index (χ3n) is 3.38. The molecule has 0 spiro atoms. The summed E-state index contributed by atoms with van der Waals surface area (Å²) in [6.07, 6.45) is 1.52. The number of carbonyl (C=O) groups is 1. The van der Waals surface area contributed by atoms with E-state index in [1.54, 1.807) is 12.1 Å². The molecule has 0 bridgehead atoms. The number of carboxylic acids is 1. The maximum Gasteiger partial charge on any atom is 0.354 e. The van der Waals surface area contributed by atoms with Gasteiger partial charge in [-0.05, 0) is 31.0 Å². The van der Waals surface area contributed by atoms with Crippen molar-refractivity contribution in [3.8, 4) is 0 Å². The van der Waals surface area contributed by atoms with Crippen LogP contribution < -0.4 is 0 Å². The molecule has 5 nitrogen and oxygen atoms in total. The summed E-state index contributed by atoms with van der Waals surface area (Å²) >= 11 is 0. The Morgan fingerprint density at radius 2 is 1.90 bits per heavy atom. The van der Waals surface area contributed by atoms with Crippen LogP contribution in [0, 0.1) is 6.92 Å². The molecule has 3 rings (SSSR count). The van der Waals surface area contributed by atoms with Crippen LogP contribution in [0.1, 0.15) is 27.4 Å². The molecule has 0 fully saturated rings. The maximum atomic E-state index is 11.1. The lowest BCUT2D eigenvalue weighted by atomic mass is 10.1. The van der Waals surface area contributed by atoms with E-state index in [1.807, 2.05) is 0 Å². The van der Waals surface area contributed by atoms with Gasteiger partial charge in [-0.2, -0.15) is 5.10 Å². The number of hydrogen-bond acceptors (Lipinski definition) is 3. The van der Waals surface area contributed by atoms with Crippen LogP contribution in [0.2, 0.25) is 0 Å². The average Bonchev–Trinajstić information content (AvgIpc) is 2.89. The Labute approximate surface area is 121 Å². The molecule has 1 aromatic carbocycles. The van der Waals surface area contributed by atoms with Gasteiger partial charge in [0.1, 0.15) is 0 Å². The second-order valence-electron chi connectivity index (χ2n) is 5.00. The molecule has 0 aliphatic rings. The Balaban J connectivity index is 1.83. The summed E-state index contributed by atoms with van der Waals surface area (Å²) in [4.78, 5) is 15.5. The monoisotopic (exact) mass is 281 g/mol. The highest BCUT2D eigenvalue weighted by Crippen LogP contribution is 2.10. The zero-order valence-electron chi connectivity index (χ0n) is 11.7. The molecule has 0 unspecified atom stereocenters. The van der Waals surface area contributed by atoms with E-state index in [0.717, 1.165) is 6.42 Å². The van der Waals surface area contributed by atoms with Crippen molar-refractivity contribution in [2.75, 3.05) is 0 Å². The van der Waals surface area contributed by atoms with Gasteiger partial charge in [-0.25, -0.2) is 14.3 Å². The minimum atomic E-state index is -1.00. The van der Waals surface area contributed by atoms with E-state index in [0.29, 0.717) is 17.9 Å². The molecule has 5 heteroatoms. The number of aromatic carboxylic acids is 1. The molecule has 0 aliphatic heterocycles. The molecule has 0 amide bonds. The number of fused-ring (bicyclic) bond motifs is 1. The number of aryl methyl sites for hydroxylation is 3. The number of nitrogens with zero attached hydrogens (tertiary/aromatic N) is 3. The Hall–Kier alpha value is -2.69. The van der Waals surface area contributed by atoms with Crippen LogP contribution in [-0.4, -0.2) is 25.7 Å². The Morgan fingerprint density at radius 3 is 2.62 bits per heavy atom. The van der Waals surface area contributed by atoms with Crippen molar-refractivity contribution in [1.82, 2.24) is 14.6 Å². The lowest BCUT2D eigenvalue weighted by Crippen LogP contribution is -2.06. The number of pyridine rings is 1. The van der Waals surface area contributed by atoms with Crippen molar-refractivity contribution in [3.05, 3.63) is 65.1 Å². The van der Waals surface area contributed by atoms with Gasteiger partial charge in [0.15, 0.2) is 17.2 Å². The van der Waals surface area contributed by atoms with E-state index in [2.05, 4.69) is 41.3 Å². The van der Waals surface area contributed by atoms with E-state index in [-0.39, 0.29) is 5.69 Å². The standard InChI is InChI=1S/C16H15N3O2/c1-11-5-7-12(8-6-11)9-10-14-17-15-4-2-3-13(16(20)21)19(15)18-14/h2-8H,9-10H2,1H3,(H,20,21). The first-order valence-corrected chi connectivity index (χ1v) is 6.77. The van der Waals surface area contributed by atoms with E-state index in [9.17, 15) is 4.79 Å². The average molecular weight is 281 g/mol. The van der Waals surface area contributed by atoms with Crippen molar-refractivity contribution in [1.29, 1.82) is 0 Å². The van der Waals surface area contributed by atoms with Gasteiger partial charge in [-0.1, -0.05) is 35.9 Å². The Bertz CT molecular complexity index is 791. The summed E-state index contributed by atoms with van der Waals surface area (Å²) < 4.78 is 1.38. The van der Waals surface area contributed by atoms with Crippen LogP contribution in [0.15, 0.2) is 42.5 Å². The van der Waals surface area contributed by atoms with Gasteiger partial charge in [0.25, 0.3) is 0 Å². The normalized spacial score (nSPS) is 10.9. The molecule has 0 atom stereocenters. The summed E-state index contributed by atoms with van der Waals surface area (Å²) in [6.45, 7) is 2.06. The van der Waals surface area contributed by atoms with E-state index >= 15 is 0 Å². The highest BCUT2D eigenvalue weighted by atomic mass is 16.4. The largest absolute Gasteiger partial charge is 0.477 e.